The summed E-state index contributed by atoms with van der Waals surface area (Å²) in [7, 11) is 1.37. The summed E-state index contributed by atoms with van der Waals surface area (Å²) >= 11 is 2.88. The van der Waals surface area contributed by atoms with Crippen molar-refractivity contribution in [3.63, 3.8) is 0 Å². The molecular weight excluding hydrogens is 248 g/mol. The first-order chi connectivity index (χ1) is 6.76. The largest absolute Gasteiger partial charge is 0.465 e. The van der Waals surface area contributed by atoms with Gasteiger partial charge in [0.25, 0.3) is 0 Å². The molecule has 1 aromatic rings. The normalized spacial score (nSPS) is 8.14. The molecule has 0 saturated heterocycles. The third kappa shape index (κ3) is 5.48. The molecule has 0 N–H and O–H groups in total. The van der Waals surface area contributed by atoms with Gasteiger partial charge in [-0.15, -0.1) is 0 Å². The first kappa shape index (κ1) is 12.8. The van der Waals surface area contributed by atoms with Crippen molar-refractivity contribution in [2.75, 3.05) is 12.4 Å². The van der Waals surface area contributed by atoms with Gasteiger partial charge < -0.3 is 9.53 Å². The highest BCUT2D eigenvalue weighted by atomic mass is 79.9. The zero-order chi connectivity index (χ0) is 10.8. The second-order valence-corrected chi connectivity index (χ2v) is 2.83. The van der Waals surface area contributed by atoms with Crippen molar-refractivity contribution in [3.8, 4) is 0 Å². The molecule has 0 unspecified atom stereocenters. The molecule has 1 rings (SSSR count). The van der Waals surface area contributed by atoms with Crippen LogP contribution in [-0.4, -0.2) is 24.7 Å². The van der Waals surface area contributed by atoms with Crippen molar-refractivity contribution in [3.05, 3.63) is 35.9 Å². The van der Waals surface area contributed by atoms with Crippen molar-refractivity contribution >= 4 is 28.2 Å². The molecule has 0 aliphatic carbocycles. The van der Waals surface area contributed by atoms with E-state index in [1.54, 1.807) is 24.3 Å². The molecular formula is C10H11BrO3. The summed E-state index contributed by atoms with van der Waals surface area (Å²) in [5, 5.41) is 0.451. The van der Waals surface area contributed by atoms with Crippen LogP contribution in [0.15, 0.2) is 30.3 Å². The lowest BCUT2D eigenvalue weighted by atomic mass is 10.2. The molecule has 0 fully saturated rings. The molecule has 0 heterocycles. The zero-order valence-electron chi connectivity index (χ0n) is 7.77. The molecule has 1 aromatic carbocycles. The molecule has 3 nitrogen and oxygen atoms in total. The third-order valence-corrected chi connectivity index (χ3v) is 1.52. The van der Waals surface area contributed by atoms with Crippen LogP contribution in [-0.2, 0) is 9.53 Å². The number of halogens is 1. The fourth-order valence-corrected chi connectivity index (χ4v) is 0.692. The van der Waals surface area contributed by atoms with Gasteiger partial charge in [-0.2, -0.15) is 0 Å². The predicted octanol–water partition coefficient (Wildman–Crippen LogP) is 2.05. The number of alkyl halides is 1. The maximum absolute atomic E-state index is 10.8. The number of hydrogen-bond donors (Lipinski definition) is 0. The number of rotatable bonds is 2. The number of ether oxygens (including phenoxy) is 1. The molecule has 0 atom stereocenters. The molecule has 4 heteroatoms. The van der Waals surface area contributed by atoms with Gasteiger partial charge in [0.15, 0.2) is 0 Å². The first-order valence-corrected chi connectivity index (χ1v) is 5.01. The Morgan fingerprint density at radius 1 is 1.43 bits per heavy atom. The average Bonchev–Trinajstić information content (AvgIpc) is 2.29. The standard InChI is InChI=1S/C8H8O2.C2H3BrO/c1-10-8(9)7-5-3-2-4-6-7;3-1-2-4/h2-6H,1H3;2H,1H2. The van der Waals surface area contributed by atoms with Gasteiger partial charge in [0.1, 0.15) is 6.29 Å². The van der Waals surface area contributed by atoms with E-state index in [0.29, 0.717) is 10.9 Å². The molecule has 14 heavy (non-hydrogen) atoms. The summed E-state index contributed by atoms with van der Waals surface area (Å²) in [6, 6.07) is 8.88. The lowest BCUT2D eigenvalue weighted by Gasteiger charge is -1.95. The third-order valence-electron chi connectivity index (χ3n) is 1.26. The Labute approximate surface area is 91.2 Å². The van der Waals surface area contributed by atoms with Crippen LogP contribution in [0.2, 0.25) is 0 Å². The van der Waals surface area contributed by atoms with Crippen LogP contribution in [0.1, 0.15) is 10.4 Å². The fourth-order valence-electron chi connectivity index (χ4n) is 0.692. The van der Waals surface area contributed by atoms with Crippen molar-refractivity contribution in [2.45, 2.75) is 0 Å². The van der Waals surface area contributed by atoms with Crippen molar-refractivity contribution < 1.29 is 14.3 Å². The molecule has 76 valence electrons. The van der Waals surface area contributed by atoms with E-state index in [1.165, 1.54) is 7.11 Å². The highest BCUT2D eigenvalue weighted by molar-refractivity contribution is 9.09. The molecule has 0 spiro atoms. The number of carbonyl (C=O) groups is 2. The van der Waals surface area contributed by atoms with Crippen LogP contribution >= 0.6 is 15.9 Å². The number of aldehydes is 1. The van der Waals surface area contributed by atoms with E-state index in [9.17, 15) is 4.79 Å². The van der Waals surface area contributed by atoms with Crippen LogP contribution in [0.25, 0.3) is 0 Å². The number of hydrogen-bond acceptors (Lipinski definition) is 3. The summed E-state index contributed by atoms with van der Waals surface area (Å²) in [6.07, 6.45) is 0.792. The Morgan fingerprint density at radius 2 is 1.93 bits per heavy atom. The molecule has 0 radical (unpaired) electrons. The zero-order valence-corrected chi connectivity index (χ0v) is 9.36. The lowest BCUT2D eigenvalue weighted by Crippen LogP contribution is -1.99. The quantitative estimate of drug-likeness (QED) is 0.464. The maximum Gasteiger partial charge on any atom is 0.337 e. The number of esters is 1. The average molecular weight is 259 g/mol. The van der Waals surface area contributed by atoms with Crippen molar-refractivity contribution in [1.82, 2.24) is 0 Å². The van der Waals surface area contributed by atoms with Crippen LogP contribution in [0.4, 0.5) is 0 Å². The van der Waals surface area contributed by atoms with Crippen LogP contribution in [0.5, 0.6) is 0 Å². The summed E-state index contributed by atoms with van der Waals surface area (Å²) in [5.41, 5.74) is 0.588. The van der Waals surface area contributed by atoms with E-state index >= 15 is 0 Å². The Morgan fingerprint density at radius 3 is 2.29 bits per heavy atom. The Kier molecular flexibility index (Phi) is 7.74. The van der Waals surface area contributed by atoms with E-state index in [-0.39, 0.29) is 5.97 Å². The molecule has 0 bridgehead atoms. The van der Waals surface area contributed by atoms with Crippen LogP contribution in [0, 0.1) is 0 Å². The van der Waals surface area contributed by atoms with E-state index in [0.717, 1.165) is 6.29 Å². The van der Waals surface area contributed by atoms with E-state index in [1.807, 2.05) is 6.07 Å². The first-order valence-electron chi connectivity index (χ1n) is 3.89. The van der Waals surface area contributed by atoms with Gasteiger partial charge in [-0.3, -0.25) is 0 Å². The van der Waals surface area contributed by atoms with Gasteiger partial charge in [0, 0.05) is 0 Å². The second kappa shape index (κ2) is 8.44. The minimum Gasteiger partial charge on any atom is -0.465 e. The van der Waals surface area contributed by atoms with E-state index in [4.69, 9.17) is 4.79 Å². The summed E-state index contributed by atoms with van der Waals surface area (Å²) < 4.78 is 4.50. The minimum atomic E-state index is -0.291. The van der Waals surface area contributed by atoms with E-state index in [2.05, 4.69) is 20.7 Å². The number of benzene rings is 1. The van der Waals surface area contributed by atoms with Gasteiger partial charge >= 0.3 is 5.97 Å². The second-order valence-electron chi connectivity index (χ2n) is 2.18. The van der Waals surface area contributed by atoms with Crippen LogP contribution < -0.4 is 0 Å². The Balaban J connectivity index is 0.000000364. The lowest BCUT2D eigenvalue weighted by molar-refractivity contribution is -0.105. The van der Waals surface area contributed by atoms with E-state index < -0.39 is 0 Å². The topological polar surface area (TPSA) is 43.4 Å². The smallest absolute Gasteiger partial charge is 0.337 e. The number of carbonyl (C=O) groups excluding carboxylic acids is 2. The minimum absolute atomic E-state index is 0.291. The fraction of sp³-hybridized carbons (Fsp3) is 0.200. The highest BCUT2D eigenvalue weighted by Crippen LogP contribution is 1.98. The molecule has 0 saturated carbocycles. The number of methoxy groups -OCH3 is 1. The Bertz CT molecular complexity index is 272. The van der Waals surface area contributed by atoms with Crippen molar-refractivity contribution in [2.24, 2.45) is 0 Å². The monoisotopic (exact) mass is 258 g/mol. The van der Waals surface area contributed by atoms with Gasteiger partial charge in [0.2, 0.25) is 0 Å². The molecule has 0 aliphatic rings. The summed E-state index contributed by atoms with van der Waals surface area (Å²) in [4.78, 5) is 19.9. The molecule has 0 aromatic heterocycles. The Hall–Kier alpha value is -1.16. The van der Waals surface area contributed by atoms with Gasteiger partial charge in [-0.05, 0) is 12.1 Å². The van der Waals surface area contributed by atoms with Gasteiger partial charge in [0.05, 0.1) is 18.0 Å². The maximum atomic E-state index is 10.8. The van der Waals surface area contributed by atoms with Crippen LogP contribution in [0.3, 0.4) is 0 Å². The summed E-state index contributed by atoms with van der Waals surface area (Å²) in [6.45, 7) is 0. The van der Waals surface area contributed by atoms with Gasteiger partial charge in [-0.25, -0.2) is 4.79 Å². The molecule has 0 amide bonds. The van der Waals surface area contributed by atoms with Gasteiger partial charge in [-0.1, -0.05) is 34.1 Å². The highest BCUT2D eigenvalue weighted by Gasteiger charge is 2.00. The predicted molar refractivity (Wildman–Crippen MR) is 57.6 cm³/mol. The molecule has 0 aliphatic heterocycles. The van der Waals surface area contributed by atoms with Crippen molar-refractivity contribution in [1.29, 1.82) is 0 Å². The SMILES string of the molecule is COC(=O)c1ccccc1.O=CCBr. The summed E-state index contributed by atoms with van der Waals surface area (Å²) in [5.74, 6) is -0.291.